The maximum Gasteiger partial charge on any atom is 0.303 e. The minimum absolute atomic E-state index is 0.0435. The summed E-state index contributed by atoms with van der Waals surface area (Å²) < 4.78 is 6.87. The number of nitrogens with zero attached hydrogens (tertiary/aromatic N) is 5. The van der Waals surface area contributed by atoms with E-state index in [2.05, 4.69) is 25.2 Å². The van der Waals surface area contributed by atoms with Gasteiger partial charge in [0, 0.05) is 0 Å². The van der Waals surface area contributed by atoms with Gasteiger partial charge in [0.05, 0.1) is 25.4 Å². The van der Waals surface area contributed by atoms with E-state index in [-0.39, 0.29) is 28.4 Å². The van der Waals surface area contributed by atoms with Gasteiger partial charge in [-0.2, -0.15) is 0 Å². The number of azo groups is 1. The first-order valence-electron chi connectivity index (χ1n) is 8.97. The molecule has 144 valence electrons. The van der Waals surface area contributed by atoms with Crippen molar-refractivity contribution in [2.75, 3.05) is 13.2 Å². The Hall–Kier alpha value is -3.47. The lowest BCUT2D eigenvalue weighted by atomic mass is 9.86. The summed E-state index contributed by atoms with van der Waals surface area (Å²) in [4.78, 5) is 20.7. The molecule has 0 atom stereocenters. The first kappa shape index (κ1) is 19.3. The number of ether oxygens (including phenoxy) is 1. The Bertz CT molecular complexity index is 1060. The first-order valence-corrected chi connectivity index (χ1v) is 8.97. The van der Waals surface area contributed by atoms with Gasteiger partial charge in [-0.15, -0.1) is 10.2 Å². The van der Waals surface area contributed by atoms with Gasteiger partial charge in [-0.3, -0.25) is 14.9 Å². The zero-order valence-corrected chi connectivity index (χ0v) is 16.4. The summed E-state index contributed by atoms with van der Waals surface area (Å²) in [6.45, 7) is 16.2. The van der Waals surface area contributed by atoms with Crippen LogP contribution < -0.4 is 10.3 Å². The van der Waals surface area contributed by atoms with E-state index < -0.39 is 0 Å². The molecule has 0 radical (unpaired) electrons. The predicted octanol–water partition coefficient (Wildman–Crippen LogP) is 4.28. The number of hydrogen-bond acceptors (Lipinski definition) is 5. The van der Waals surface area contributed by atoms with Crippen molar-refractivity contribution >= 4 is 11.5 Å². The highest BCUT2D eigenvalue weighted by molar-refractivity contribution is 6.03. The monoisotopic (exact) mass is 378 g/mol. The highest BCUT2D eigenvalue weighted by atomic mass is 16.5. The van der Waals surface area contributed by atoms with Gasteiger partial charge in [-0.05, 0) is 30.0 Å². The van der Waals surface area contributed by atoms with E-state index >= 15 is 0 Å². The fourth-order valence-corrected chi connectivity index (χ4v) is 2.83. The fraction of sp³-hybridized carbons (Fsp3) is 0.350. The summed E-state index contributed by atoms with van der Waals surface area (Å²) in [5.74, 6) is 0.470. The van der Waals surface area contributed by atoms with Crippen LogP contribution in [0, 0.1) is 12.0 Å². The zero-order chi connectivity index (χ0) is 20.3. The van der Waals surface area contributed by atoms with Crippen LogP contribution in [0.15, 0.2) is 61.6 Å². The second-order valence-corrected chi connectivity index (χ2v) is 7.23. The Kier molecular flexibility index (Phi) is 5.27. The Morgan fingerprint density at radius 1 is 1.29 bits per heavy atom. The summed E-state index contributed by atoms with van der Waals surface area (Å²) in [7, 11) is 0. The number of H-pyrrole nitrogens is 1. The van der Waals surface area contributed by atoms with Crippen LogP contribution in [0.3, 0.4) is 0 Å². The van der Waals surface area contributed by atoms with Gasteiger partial charge in [0.15, 0.2) is 5.84 Å². The van der Waals surface area contributed by atoms with E-state index in [1.807, 2.05) is 45.9 Å². The third-order valence-electron chi connectivity index (χ3n) is 4.28. The van der Waals surface area contributed by atoms with Crippen LogP contribution >= 0.6 is 0 Å². The minimum Gasteiger partial charge on any atom is -0.477 e. The number of rotatable bonds is 4. The van der Waals surface area contributed by atoms with Crippen molar-refractivity contribution in [3.05, 3.63) is 63.4 Å². The topological polar surface area (TPSA) is 88.5 Å². The van der Waals surface area contributed by atoms with Crippen LogP contribution in [0.2, 0.25) is 0 Å². The van der Waals surface area contributed by atoms with Crippen molar-refractivity contribution in [2.45, 2.75) is 27.7 Å². The molecular weight excluding hydrogens is 356 g/mol. The van der Waals surface area contributed by atoms with Crippen LogP contribution in [-0.2, 0) is 0 Å². The maximum absolute atomic E-state index is 12.8. The van der Waals surface area contributed by atoms with Crippen molar-refractivity contribution < 1.29 is 4.74 Å². The number of benzene rings is 1. The molecule has 1 aliphatic rings. The molecule has 28 heavy (non-hydrogen) atoms. The molecule has 0 fully saturated rings. The summed E-state index contributed by atoms with van der Waals surface area (Å²) in [5.41, 5.74) is 1.43. The number of aromatic amines is 1. The Labute approximate surface area is 163 Å². The molecule has 1 aliphatic heterocycles. The molecule has 8 nitrogen and oxygen atoms in total. The van der Waals surface area contributed by atoms with E-state index in [1.165, 1.54) is 4.68 Å². The van der Waals surface area contributed by atoms with E-state index in [4.69, 9.17) is 11.3 Å². The van der Waals surface area contributed by atoms with Gasteiger partial charge in [0.25, 0.3) is 0 Å². The predicted molar refractivity (Wildman–Crippen MR) is 107 cm³/mol. The quantitative estimate of drug-likeness (QED) is 0.636. The summed E-state index contributed by atoms with van der Waals surface area (Å²) >= 11 is 0. The van der Waals surface area contributed by atoms with Crippen LogP contribution in [0.25, 0.3) is 10.5 Å². The molecule has 1 aromatic heterocycles. The lowest BCUT2D eigenvalue weighted by molar-refractivity contribution is 0.325. The van der Waals surface area contributed by atoms with Gasteiger partial charge in [0.1, 0.15) is 0 Å². The Morgan fingerprint density at radius 3 is 2.61 bits per heavy atom. The zero-order valence-electron chi connectivity index (χ0n) is 16.4. The second-order valence-electron chi connectivity index (χ2n) is 7.23. The van der Waals surface area contributed by atoms with Crippen molar-refractivity contribution in [1.82, 2.24) is 9.78 Å². The molecule has 0 bridgehead atoms. The molecule has 2 heterocycles. The number of aliphatic imine (C=N–C) groups is 1. The van der Waals surface area contributed by atoms with E-state index in [9.17, 15) is 4.79 Å². The molecule has 0 spiro atoms. The summed E-state index contributed by atoms with van der Waals surface area (Å²) in [5, 5.41) is 11.1. The number of hydrogen-bond donors (Lipinski definition) is 1. The largest absolute Gasteiger partial charge is 0.477 e. The molecule has 0 aliphatic carbocycles. The maximum atomic E-state index is 12.8. The normalized spacial score (nSPS) is 14.5. The number of amidine groups is 1. The average Bonchev–Trinajstić information content (AvgIpc) is 3.22. The standard InChI is InChI=1S/C20H22N6O2/c1-6-28-18-16(19(27)26(25-18)13-10-8-7-9-11-13)23-24-17-15(21-5)14(12-22-17)20(2,3)4/h7-11,25H,6,12H2,1-4H3. The van der Waals surface area contributed by atoms with Crippen LogP contribution in [0.4, 0.5) is 5.69 Å². The van der Waals surface area contributed by atoms with Gasteiger partial charge in [-0.1, -0.05) is 39.0 Å². The molecule has 8 heteroatoms. The summed E-state index contributed by atoms with van der Waals surface area (Å²) in [6.07, 6.45) is 0. The lowest BCUT2D eigenvalue weighted by Crippen LogP contribution is -2.13. The van der Waals surface area contributed by atoms with E-state index in [1.54, 1.807) is 12.1 Å². The van der Waals surface area contributed by atoms with Crippen LogP contribution in [0.1, 0.15) is 27.7 Å². The molecule has 2 aromatic rings. The smallest absolute Gasteiger partial charge is 0.303 e. The fourth-order valence-electron chi connectivity index (χ4n) is 2.83. The Balaban J connectivity index is 2.01. The third kappa shape index (κ3) is 3.64. The van der Waals surface area contributed by atoms with Gasteiger partial charge in [0.2, 0.25) is 17.3 Å². The third-order valence-corrected chi connectivity index (χ3v) is 4.28. The number of para-hydroxylation sites is 1. The molecule has 3 rings (SSSR count). The molecular formula is C20H22N6O2. The first-order chi connectivity index (χ1) is 13.4. The number of nitrogens with one attached hydrogen (secondary N) is 1. The van der Waals surface area contributed by atoms with Gasteiger partial charge in [-0.25, -0.2) is 9.53 Å². The van der Waals surface area contributed by atoms with Gasteiger partial charge >= 0.3 is 5.56 Å². The molecule has 0 unspecified atom stereocenters. The van der Waals surface area contributed by atoms with Crippen molar-refractivity contribution in [3.63, 3.8) is 0 Å². The molecule has 0 saturated carbocycles. The average molecular weight is 378 g/mol. The van der Waals surface area contributed by atoms with Crippen molar-refractivity contribution in [2.24, 2.45) is 20.6 Å². The molecule has 0 saturated heterocycles. The number of aromatic nitrogens is 2. The highest BCUT2D eigenvalue weighted by Crippen LogP contribution is 2.33. The molecule has 0 amide bonds. The van der Waals surface area contributed by atoms with Crippen molar-refractivity contribution in [1.29, 1.82) is 0 Å². The SMILES string of the molecule is [C-]#[N+]C1=C(C(C)(C)C)CN=C1N=Nc1c(OCC)[nH]n(-c2ccccc2)c1=O. The molecule has 1 N–H and O–H groups in total. The minimum atomic E-state index is -0.388. The molecule has 1 aromatic carbocycles. The van der Waals surface area contributed by atoms with Crippen molar-refractivity contribution in [3.8, 4) is 11.6 Å². The lowest BCUT2D eigenvalue weighted by Gasteiger charge is -2.20. The van der Waals surface area contributed by atoms with Gasteiger partial charge < -0.3 is 4.74 Å². The van der Waals surface area contributed by atoms with E-state index in [0.717, 1.165) is 5.57 Å². The Morgan fingerprint density at radius 2 is 2.00 bits per heavy atom. The van der Waals surface area contributed by atoms with E-state index in [0.29, 0.717) is 24.5 Å². The second kappa shape index (κ2) is 7.64. The van der Waals surface area contributed by atoms with Crippen LogP contribution in [0.5, 0.6) is 5.88 Å². The summed E-state index contributed by atoms with van der Waals surface area (Å²) in [6, 6.07) is 9.12. The van der Waals surface area contributed by atoms with Crippen LogP contribution in [-0.4, -0.2) is 28.8 Å². The highest BCUT2D eigenvalue weighted by Gasteiger charge is 2.28.